The van der Waals surface area contributed by atoms with Gasteiger partial charge in [-0.25, -0.2) is 0 Å². The van der Waals surface area contributed by atoms with Gasteiger partial charge in [0.2, 0.25) is 11.8 Å². The maximum Gasteiger partial charge on any atom is 0.306 e. The standard InChI is InChI=1S/C60H112N2O13/c1-5-9-13-17-21-25-29-33-37-41-49(65)61-53-58(74-52(68)44-40-36-32-28-24-20-16-12-8-4)56(48(46-64)71-59(53)70)75-60-54(62-50(66)42-38-34-30-26-22-18-14-10-6-2)57(55(69)47(45-63)72-60)73-51(67)43-39-35-31-27-23-19-15-11-7-3/h47-48,53-60,63-64,69-70H,5-46H2,1-4H3,(H,61,65)(H,62,66)/t47-,48-,53-,54-,55-,56-,57-,58-,59-,60+/m1/s1. The van der Waals surface area contributed by atoms with Crippen molar-refractivity contribution in [1.82, 2.24) is 10.6 Å². The Labute approximate surface area is 455 Å². The predicted octanol–water partition coefficient (Wildman–Crippen LogP) is 11.6. The summed E-state index contributed by atoms with van der Waals surface area (Å²) in [5, 5.41) is 50.3. The first-order valence-corrected chi connectivity index (χ1v) is 31.1. The van der Waals surface area contributed by atoms with Crippen molar-refractivity contribution in [3.8, 4) is 0 Å². The molecule has 0 aromatic rings. The van der Waals surface area contributed by atoms with Crippen LogP contribution in [0.5, 0.6) is 0 Å². The van der Waals surface area contributed by atoms with Gasteiger partial charge in [0.05, 0.1) is 13.2 Å². The molecule has 15 heteroatoms. The maximum atomic E-state index is 13.9. The van der Waals surface area contributed by atoms with E-state index in [1.807, 2.05) is 0 Å². The number of hydrogen-bond donors (Lipinski definition) is 6. The second-order valence-corrected chi connectivity index (χ2v) is 22.0. The molecule has 2 amide bonds. The summed E-state index contributed by atoms with van der Waals surface area (Å²) in [5.41, 5.74) is 0. The third kappa shape index (κ3) is 31.1. The largest absolute Gasteiger partial charge is 0.457 e. The molecular weight excluding hydrogens is 957 g/mol. The molecule has 2 fully saturated rings. The molecule has 0 aliphatic carbocycles. The van der Waals surface area contributed by atoms with E-state index in [4.69, 9.17) is 23.7 Å². The normalized spacial score (nSPS) is 23.7. The highest BCUT2D eigenvalue weighted by Gasteiger charge is 2.54. The summed E-state index contributed by atoms with van der Waals surface area (Å²) in [6, 6.07) is -2.66. The highest BCUT2D eigenvalue weighted by Crippen LogP contribution is 2.32. The topological polar surface area (TPSA) is 219 Å². The lowest BCUT2D eigenvalue weighted by molar-refractivity contribution is -0.329. The number of hydrogen-bond acceptors (Lipinski definition) is 13. The first kappa shape index (κ1) is 68.7. The molecular formula is C60H112N2O13. The molecule has 2 aliphatic rings. The Morgan fingerprint density at radius 3 is 1.07 bits per heavy atom. The average Bonchev–Trinajstić information content (AvgIpc) is 3.39. The number of carbonyl (C=O) groups excluding carboxylic acids is 4. The van der Waals surface area contributed by atoms with Gasteiger partial charge in [-0.2, -0.15) is 0 Å². The molecule has 0 aromatic heterocycles. The second-order valence-electron chi connectivity index (χ2n) is 22.0. The lowest BCUT2D eigenvalue weighted by Gasteiger charge is -2.48. The summed E-state index contributed by atoms with van der Waals surface area (Å²) in [7, 11) is 0. The van der Waals surface area contributed by atoms with Gasteiger partial charge in [0.15, 0.2) is 24.8 Å². The minimum absolute atomic E-state index is 0.0616. The van der Waals surface area contributed by atoms with Crippen LogP contribution in [0.3, 0.4) is 0 Å². The maximum absolute atomic E-state index is 13.9. The molecule has 15 nitrogen and oxygen atoms in total. The molecule has 2 saturated heterocycles. The Bertz CT molecular complexity index is 1420. The minimum Gasteiger partial charge on any atom is -0.457 e. The third-order valence-corrected chi connectivity index (χ3v) is 15.2. The van der Waals surface area contributed by atoms with Crippen LogP contribution in [0.2, 0.25) is 0 Å². The van der Waals surface area contributed by atoms with Crippen molar-refractivity contribution >= 4 is 23.8 Å². The Hall–Kier alpha value is -2.40. The van der Waals surface area contributed by atoms with Gasteiger partial charge < -0.3 is 54.7 Å². The van der Waals surface area contributed by atoms with E-state index in [0.29, 0.717) is 25.7 Å². The van der Waals surface area contributed by atoms with Crippen molar-refractivity contribution in [2.24, 2.45) is 0 Å². The van der Waals surface area contributed by atoms with E-state index in [0.717, 1.165) is 103 Å². The number of nitrogens with one attached hydrogen (secondary N) is 2. The zero-order valence-corrected chi connectivity index (χ0v) is 47.9. The highest BCUT2D eigenvalue weighted by molar-refractivity contribution is 5.77. The second kappa shape index (κ2) is 45.5. The van der Waals surface area contributed by atoms with Gasteiger partial charge in [-0.1, -0.05) is 233 Å². The van der Waals surface area contributed by atoms with Gasteiger partial charge >= 0.3 is 11.9 Å². The smallest absolute Gasteiger partial charge is 0.306 e. The van der Waals surface area contributed by atoms with E-state index in [9.17, 15) is 39.6 Å². The van der Waals surface area contributed by atoms with E-state index in [1.54, 1.807) is 0 Å². The van der Waals surface area contributed by atoms with Crippen LogP contribution in [0.15, 0.2) is 0 Å². The minimum atomic E-state index is -1.71. The van der Waals surface area contributed by atoms with E-state index in [-0.39, 0.29) is 31.6 Å². The fourth-order valence-electron chi connectivity index (χ4n) is 10.4. The van der Waals surface area contributed by atoms with Crippen LogP contribution in [-0.2, 0) is 42.9 Å². The first-order valence-electron chi connectivity index (χ1n) is 31.1. The molecule has 2 aliphatic heterocycles. The average molecular weight is 1070 g/mol. The molecule has 0 saturated carbocycles. The third-order valence-electron chi connectivity index (χ3n) is 15.2. The van der Waals surface area contributed by atoms with Crippen molar-refractivity contribution < 1.29 is 63.3 Å². The quantitative estimate of drug-likeness (QED) is 0.0247. The van der Waals surface area contributed by atoms with E-state index in [1.165, 1.54) is 103 Å². The molecule has 75 heavy (non-hydrogen) atoms. The number of unbranched alkanes of at least 4 members (excludes halogenated alkanes) is 32. The summed E-state index contributed by atoms with van der Waals surface area (Å²) in [6.07, 6.45) is 26.6. The number of carbonyl (C=O) groups is 4. The number of aliphatic hydroxyl groups is 4. The number of aliphatic hydroxyl groups excluding tert-OH is 4. The van der Waals surface area contributed by atoms with E-state index >= 15 is 0 Å². The fraction of sp³-hybridized carbons (Fsp3) is 0.933. The van der Waals surface area contributed by atoms with Crippen LogP contribution in [0.25, 0.3) is 0 Å². The van der Waals surface area contributed by atoms with Crippen LogP contribution in [0.4, 0.5) is 0 Å². The predicted molar refractivity (Wildman–Crippen MR) is 296 cm³/mol. The molecule has 6 N–H and O–H groups in total. The number of ether oxygens (including phenoxy) is 5. The summed E-state index contributed by atoms with van der Waals surface area (Å²) in [5.74, 6) is -1.96. The van der Waals surface area contributed by atoms with Crippen LogP contribution < -0.4 is 10.6 Å². The summed E-state index contributed by atoms with van der Waals surface area (Å²) >= 11 is 0. The Morgan fingerprint density at radius 2 is 0.707 bits per heavy atom. The molecule has 0 bridgehead atoms. The lowest BCUT2D eigenvalue weighted by atomic mass is 9.94. The van der Waals surface area contributed by atoms with Gasteiger partial charge in [-0.3, -0.25) is 19.2 Å². The molecule has 2 rings (SSSR count). The van der Waals surface area contributed by atoms with Crippen LogP contribution in [0, 0.1) is 0 Å². The van der Waals surface area contributed by atoms with Crippen molar-refractivity contribution in [2.45, 2.75) is 346 Å². The fourth-order valence-corrected chi connectivity index (χ4v) is 10.4. The lowest BCUT2D eigenvalue weighted by Crippen LogP contribution is -2.70. The molecule has 0 unspecified atom stereocenters. The Kier molecular flexibility index (Phi) is 41.6. The Morgan fingerprint density at radius 1 is 0.387 bits per heavy atom. The SMILES string of the molecule is CCCCCCCCCCCC(=O)N[C@@H]1[C@@H](OC(=O)CCCCCCCCCCC)[C@H](O[C@@H]2O[C@H](CO)[C@@H](O)[C@H](OC(=O)CCCCCCCCCCC)[C@H]2NC(=O)CCCCCCCCCCC)[C@@H](CO)O[C@H]1O. The molecule has 440 valence electrons. The molecule has 0 spiro atoms. The van der Waals surface area contributed by atoms with Crippen molar-refractivity contribution in [2.75, 3.05) is 13.2 Å². The first-order chi connectivity index (χ1) is 36.5. The number of amides is 2. The van der Waals surface area contributed by atoms with Crippen molar-refractivity contribution in [3.63, 3.8) is 0 Å². The molecule has 0 radical (unpaired) electrons. The highest BCUT2D eigenvalue weighted by atomic mass is 16.7. The van der Waals surface area contributed by atoms with Crippen LogP contribution >= 0.6 is 0 Å². The van der Waals surface area contributed by atoms with Crippen molar-refractivity contribution in [1.29, 1.82) is 0 Å². The monoisotopic (exact) mass is 1070 g/mol. The zero-order valence-electron chi connectivity index (χ0n) is 47.9. The van der Waals surface area contributed by atoms with Crippen molar-refractivity contribution in [3.05, 3.63) is 0 Å². The number of rotatable bonds is 48. The summed E-state index contributed by atoms with van der Waals surface area (Å²) < 4.78 is 31.0. The van der Waals surface area contributed by atoms with Gasteiger partial charge in [0.1, 0.15) is 36.5 Å². The molecule has 10 atom stereocenters. The van der Waals surface area contributed by atoms with Gasteiger partial charge in [-0.05, 0) is 25.7 Å². The molecule has 0 aromatic carbocycles. The Balaban J connectivity index is 2.38. The van der Waals surface area contributed by atoms with Gasteiger partial charge in [-0.15, -0.1) is 0 Å². The van der Waals surface area contributed by atoms with Gasteiger partial charge in [0, 0.05) is 25.7 Å². The number of esters is 2. The summed E-state index contributed by atoms with van der Waals surface area (Å²) in [6.45, 7) is 7.37. The molecule has 2 heterocycles. The zero-order chi connectivity index (χ0) is 54.7. The van der Waals surface area contributed by atoms with E-state index < -0.39 is 92.3 Å². The van der Waals surface area contributed by atoms with Crippen LogP contribution in [-0.4, -0.2) is 119 Å². The summed E-state index contributed by atoms with van der Waals surface area (Å²) in [4.78, 5) is 54.9. The van der Waals surface area contributed by atoms with Gasteiger partial charge in [0.25, 0.3) is 0 Å². The van der Waals surface area contributed by atoms with Crippen LogP contribution in [0.1, 0.15) is 285 Å². The van der Waals surface area contributed by atoms with E-state index in [2.05, 4.69) is 38.3 Å².